The van der Waals surface area contributed by atoms with E-state index < -0.39 is 12.8 Å². The normalized spacial score (nSPS) is 17.6. The highest BCUT2D eigenvalue weighted by Gasteiger charge is 2.28. The molecule has 1 aromatic carbocycles. The van der Waals surface area contributed by atoms with E-state index in [9.17, 15) is 13.2 Å². The topological polar surface area (TPSA) is 24.5 Å². The Labute approximate surface area is 129 Å². The van der Waals surface area contributed by atoms with Crippen LogP contribution in [0.5, 0.6) is 5.75 Å². The van der Waals surface area contributed by atoms with Gasteiger partial charge in [0.15, 0.2) is 6.61 Å². The summed E-state index contributed by atoms with van der Waals surface area (Å²) in [6, 6.07) is 6.89. The molecule has 6 heteroatoms. The third-order valence-electron chi connectivity index (χ3n) is 3.93. The Morgan fingerprint density at radius 1 is 1.18 bits per heavy atom. The predicted octanol–water partition coefficient (Wildman–Crippen LogP) is 3.06. The quantitative estimate of drug-likeness (QED) is 0.873. The van der Waals surface area contributed by atoms with E-state index in [4.69, 9.17) is 4.74 Å². The molecule has 22 heavy (non-hydrogen) atoms. The maximum Gasteiger partial charge on any atom is 0.422 e. The molecule has 1 aliphatic rings. The van der Waals surface area contributed by atoms with Crippen LogP contribution in [-0.2, 0) is 6.54 Å². The summed E-state index contributed by atoms with van der Waals surface area (Å²) < 4.78 is 41.0. The van der Waals surface area contributed by atoms with Crippen molar-refractivity contribution in [1.82, 2.24) is 10.2 Å². The highest BCUT2D eigenvalue weighted by molar-refractivity contribution is 5.27. The molecule has 1 aliphatic heterocycles. The summed E-state index contributed by atoms with van der Waals surface area (Å²) in [5, 5.41) is 3.22. The van der Waals surface area contributed by atoms with Gasteiger partial charge in [-0.25, -0.2) is 0 Å². The largest absolute Gasteiger partial charge is 0.484 e. The number of benzene rings is 1. The van der Waals surface area contributed by atoms with Crippen LogP contribution in [-0.4, -0.2) is 44.4 Å². The van der Waals surface area contributed by atoms with Gasteiger partial charge in [0.1, 0.15) is 5.75 Å². The minimum Gasteiger partial charge on any atom is -0.484 e. The van der Waals surface area contributed by atoms with Crippen LogP contribution in [0.25, 0.3) is 0 Å². The van der Waals surface area contributed by atoms with Gasteiger partial charge in [-0.3, -0.25) is 4.90 Å². The molecule has 1 fully saturated rings. The second-order valence-electron chi connectivity index (χ2n) is 5.83. The van der Waals surface area contributed by atoms with E-state index >= 15 is 0 Å². The van der Waals surface area contributed by atoms with Gasteiger partial charge in [-0.1, -0.05) is 12.1 Å². The molecule has 1 heterocycles. The van der Waals surface area contributed by atoms with Crippen molar-refractivity contribution in [2.45, 2.75) is 25.6 Å². The summed E-state index contributed by atoms with van der Waals surface area (Å²) in [6.45, 7) is 2.80. The van der Waals surface area contributed by atoms with E-state index in [1.165, 1.54) is 12.8 Å². The Hall–Kier alpha value is -1.27. The van der Waals surface area contributed by atoms with Gasteiger partial charge in [-0.15, -0.1) is 0 Å². The lowest BCUT2D eigenvalue weighted by molar-refractivity contribution is -0.153. The first-order valence-electron chi connectivity index (χ1n) is 7.62. The summed E-state index contributed by atoms with van der Waals surface area (Å²) in [6.07, 6.45) is -1.92. The Kier molecular flexibility index (Phi) is 6.08. The van der Waals surface area contributed by atoms with Gasteiger partial charge in [-0.05, 0) is 63.1 Å². The zero-order chi connectivity index (χ0) is 16.0. The van der Waals surface area contributed by atoms with Crippen LogP contribution in [0.2, 0.25) is 0 Å². The minimum absolute atomic E-state index is 0.258. The molecular formula is C16H23F3N2O. The van der Waals surface area contributed by atoms with Crippen LogP contribution >= 0.6 is 0 Å². The Bertz CT molecular complexity index is 440. The molecule has 0 aliphatic carbocycles. The molecule has 1 N–H and O–H groups in total. The molecule has 0 amide bonds. The lowest BCUT2D eigenvalue weighted by Gasteiger charge is -2.31. The number of ether oxygens (including phenoxy) is 1. The van der Waals surface area contributed by atoms with E-state index in [0.29, 0.717) is 0 Å². The molecule has 3 nitrogen and oxygen atoms in total. The van der Waals surface area contributed by atoms with E-state index in [0.717, 1.165) is 37.7 Å². The van der Waals surface area contributed by atoms with Crippen LogP contribution in [0.1, 0.15) is 18.4 Å². The first-order valence-corrected chi connectivity index (χ1v) is 7.62. The van der Waals surface area contributed by atoms with Gasteiger partial charge in [0.25, 0.3) is 0 Å². The fourth-order valence-corrected chi connectivity index (χ4v) is 2.75. The van der Waals surface area contributed by atoms with Crippen molar-refractivity contribution in [2.24, 2.45) is 5.92 Å². The molecule has 1 aromatic rings. The number of hydrogen-bond donors (Lipinski definition) is 1. The molecule has 0 atom stereocenters. The lowest BCUT2D eigenvalue weighted by Crippen LogP contribution is -2.36. The summed E-state index contributed by atoms with van der Waals surface area (Å²) in [4.78, 5) is 2.39. The number of piperidine rings is 1. The van der Waals surface area contributed by atoms with Crippen molar-refractivity contribution < 1.29 is 17.9 Å². The fraction of sp³-hybridized carbons (Fsp3) is 0.625. The Balaban J connectivity index is 1.77. The molecule has 124 valence electrons. The molecule has 0 radical (unpaired) electrons. The van der Waals surface area contributed by atoms with Gasteiger partial charge in [0, 0.05) is 6.54 Å². The maximum atomic E-state index is 12.1. The highest BCUT2D eigenvalue weighted by atomic mass is 19.4. The molecule has 0 spiro atoms. The van der Waals surface area contributed by atoms with Crippen molar-refractivity contribution in [3.05, 3.63) is 29.8 Å². The molecule has 1 saturated heterocycles. The summed E-state index contributed by atoms with van der Waals surface area (Å²) >= 11 is 0. The molecule has 0 unspecified atom stereocenters. The summed E-state index contributed by atoms with van der Waals surface area (Å²) in [5.41, 5.74) is 1.10. The lowest BCUT2D eigenvalue weighted by atomic mass is 9.96. The van der Waals surface area contributed by atoms with Gasteiger partial charge in [0.2, 0.25) is 0 Å². The fourth-order valence-electron chi connectivity index (χ4n) is 2.75. The average molecular weight is 316 g/mol. The monoisotopic (exact) mass is 316 g/mol. The van der Waals surface area contributed by atoms with E-state index in [1.54, 1.807) is 12.1 Å². The second kappa shape index (κ2) is 7.83. The Morgan fingerprint density at radius 2 is 1.82 bits per heavy atom. The highest BCUT2D eigenvalue weighted by Crippen LogP contribution is 2.21. The number of hydrogen-bond acceptors (Lipinski definition) is 3. The second-order valence-corrected chi connectivity index (χ2v) is 5.83. The van der Waals surface area contributed by atoms with Gasteiger partial charge >= 0.3 is 6.18 Å². The predicted molar refractivity (Wildman–Crippen MR) is 79.9 cm³/mol. The number of likely N-dealkylation sites (tertiary alicyclic amines) is 1. The van der Waals surface area contributed by atoms with Gasteiger partial charge in [-0.2, -0.15) is 13.2 Å². The van der Waals surface area contributed by atoms with Gasteiger partial charge < -0.3 is 10.1 Å². The van der Waals surface area contributed by atoms with Crippen molar-refractivity contribution in [2.75, 3.05) is 33.3 Å². The zero-order valence-electron chi connectivity index (χ0n) is 12.8. The standard InChI is InChI=1S/C16H23F3N2O/c1-20-10-13-6-8-21(9-7-13)11-14-2-4-15(5-3-14)22-12-16(17,18)19/h2-5,13,20H,6-12H2,1H3. The van der Waals surface area contributed by atoms with Crippen LogP contribution in [0.15, 0.2) is 24.3 Å². The van der Waals surface area contributed by atoms with Gasteiger partial charge in [0.05, 0.1) is 0 Å². The number of nitrogens with one attached hydrogen (secondary N) is 1. The summed E-state index contributed by atoms with van der Waals surface area (Å²) in [5.74, 6) is 1.01. The first-order chi connectivity index (χ1) is 10.5. The number of halogens is 3. The van der Waals surface area contributed by atoms with Crippen molar-refractivity contribution >= 4 is 0 Å². The average Bonchev–Trinajstić information content (AvgIpc) is 2.48. The number of alkyl halides is 3. The molecule has 0 bridgehead atoms. The van der Waals surface area contributed by atoms with E-state index in [-0.39, 0.29) is 5.75 Å². The number of rotatable bonds is 6. The van der Waals surface area contributed by atoms with Crippen molar-refractivity contribution in [1.29, 1.82) is 0 Å². The van der Waals surface area contributed by atoms with Crippen LogP contribution in [0, 0.1) is 5.92 Å². The van der Waals surface area contributed by atoms with E-state index in [2.05, 4.69) is 10.2 Å². The van der Waals surface area contributed by atoms with Crippen LogP contribution in [0.4, 0.5) is 13.2 Å². The SMILES string of the molecule is CNCC1CCN(Cc2ccc(OCC(F)(F)F)cc2)CC1. The molecule has 0 aromatic heterocycles. The number of nitrogens with zero attached hydrogens (tertiary/aromatic N) is 1. The zero-order valence-corrected chi connectivity index (χ0v) is 12.8. The smallest absolute Gasteiger partial charge is 0.422 e. The first kappa shape index (κ1) is 17.1. The minimum atomic E-state index is -4.30. The molecular weight excluding hydrogens is 293 g/mol. The molecule has 2 rings (SSSR count). The maximum absolute atomic E-state index is 12.1. The van der Waals surface area contributed by atoms with Crippen molar-refractivity contribution in [3.63, 3.8) is 0 Å². The molecule has 0 saturated carbocycles. The third kappa shape index (κ3) is 5.85. The Morgan fingerprint density at radius 3 is 2.36 bits per heavy atom. The van der Waals surface area contributed by atoms with Crippen molar-refractivity contribution in [3.8, 4) is 5.75 Å². The van der Waals surface area contributed by atoms with Crippen LogP contribution < -0.4 is 10.1 Å². The third-order valence-corrected chi connectivity index (χ3v) is 3.93. The van der Waals surface area contributed by atoms with E-state index in [1.807, 2.05) is 19.2 Å². The summed E-state index contributed by atoms with van der Waals surface area (Å²) in [7, 11) is 1.98. The van der Waals surface area contributed by atoms with Crippen LogP contribution in [0.3, 0.4) is 0 Å².